The highest BCUT2D eigenvalue weighted by Gasteiger charge is 1.91. The molecule has 1 heteroatoms. The van der Waals surface area contributed by atoms with Gasteiger partial charge in [0.2, 0.25) is 0 Å². The fourth-order valence-corrected chi connectivity index (χ4v) is 1.76. The summed E-state index contributed by atoms with van der Waals surface area (Å²) in [7, 11) is 0. The van der Waals surface area contributed by atoms with Crippen molar-refractivity contribution in [2.45, 2.75) is 78.1 Å². The predicted molar refractivity (Wildman–Crippen MR) is 66.7 cm³/mol. The van der Waals surface area contributed by atoms with Crippen molar-refractivity contribution < 1.29 is 4.39 Å². The second-order valence-electron chi connectivity index (χ2n) is 4.41. The number of unbranched alkanes of at least 4 members (excludes halogenated alkanes) is 9. The maximum Gasteiger partial charge on any atom is 0.0928 e. The van der Waals surface area contributed by atoms with E-state index in [-0.39, 0.29) is 5.83 Å². The molecule has 0 saturated heterocycles. The lowest BCUT2D eigenvalue weighted by atomic mass is 10.1. The van der Waals surface area contributed by atoms with Gasteiger partial charge < -0.3 is 0 Å². The van der Waals surface area contributed by atoms with Crippen LogP contribution in [0.5, 0.6) is 0 Å². The minimum absolute atomic E-state index is 0.0328. The van der Waals surface area contributed by atoms with E-state index in [0.717, 1.165) is 12.8 Å². The lowest BCUT2D eigenvalue weighted by Crippen LogP contribution is -1.80. The molecule has 0 aromatic carbocycles. The summed E-state index contributed by atoms with van der Waals surface area (Å²) >= 11 is 0. The zero-order chi connectivity index (χ0) is 11.4. The van der Waals surface area contributed by atoms with Gasteiger partial charge in [0.1, 0.15) is 0 Å². The standard InChI is InChI=1S/C14H27F/c1-3-4-5-6-7-8-9-10-11-12-13-14(2)15/h13H,3-12H2,1-2H3/b14-13-. The van der Waals surface area contributed by atoms with Crippen LogP contribution in [0.25, 0.3) is 0 Å². The molecule has 0 rings (SSSR count). The highest BCUT2D eigenvalue weighted by Crippen LogP contribution is 2.11. The Bertz CT molecular complexity index is 145. The Morgan fingerprint density at radius 3 is 1.80 bits per heavy atom. The van der Waals surface area contributed by atoms with Crippen molar-refractivity contribution in [1.82, 2.24) is 0 Å². The minimum Gasteiger partial charge on any atom is -0.212 e. The third kappa shape index (κ3) is 13.7. The molecule has 90 valence electrons. The van der Waals surface area contributed by atoms with Gasteiger partial charge in [0.05, 0.1) is 5.83 Å². The normalized spacial score (nSPS) is 12.1. The van der Waals surface area contributed by atoms with Gasteiger partial charge >= 0.3 is 0 Å². The van der Waals surface area contributed by atoms with Crippen LogP contribution < -0.4 is 0 Å². The Morgan fingerprint density at radius 2 is 1.33 bits per heavy atom. The number of allylic oxidation sites excluding steroid dienone is 2. The van der Waals surface area contributed by atoms with Gasteiger partial charge in [0, 0.05) is 0 Å². The molecule has 0 bridgehead atoms. The molecule has 0 heterocycles. The summed E-state index contributed by atoms with van der Waals surface area (Å²) in [5.74, 6) is -0.0328. The molecule has 0 atom stereocenters. The van der Waals surface area contributed by atoms with Crippen molar-refractivity contribution in [3.63, 3.8) is 0 Å². The smallest absolute Gasteiger partial charge is 0.0928 e. The van der Waals surface area contributed by atoms with Crippen LogP contribution in [0.4, 0.5) is 4.39 Å². The molecule has 15 heavy (non-hydrogen) atoms. The monoisotopic (exact) mass is 214 g/mol. The van der Waals surface area contributed by atoms with Gasteiger partial charge in [-0.3, -0.25) is 0 Å². The second kappa shape index (κ2) is 11.7. The zero-order valence-electron chi connectivity index (χ0n) is 10.5. The zero-order valence-corrected chi connectivity index (χ0v) is 10.5. The molecule has 0 unspecified atom stereocenters. The largest absolute Gasteiger partial charge is 0.212 e. The predicted octanol–water partition coefficient (Wildman–Crippen LogP) is 5.78. The van der Waals surface area contributed by atoms with Crippen molar-refractivity contribution in [2.24, 2.45) is 0 Å². The van der Waals surface area contributed by atoms with Gasteiger partial charge in [-0.1, -0.05) is 64.4 Å². The third-order valence-corrected chi connectivity index (χ3v) is 2.73. The summed E-state index contributed by atoms with van der Waals surface area (Å²) in [4.78, 5) is 0. The first-order valence-corrected chi connectivity index (χ1v) is 6.59. The van der Waals surface area contributed by atoms with Crippen LogP contribution in [0.15, 0.2) is 11.9 Å². The molecule has 0 nitrogen and oxygen atoms in total. The Labute approximate surface area is 95.0 Å². The molecule has 0 fully saturated rings. The summed E-state index contributed by atoms with van der Waals surface area (Å²) in [6, 6.07) is 0. The molecule has 0 amide bonds. The van der Waals surface area contributed by atoms with Crippen molar-refractivity contribution in [1.29, 1.82) is 0 Å². The summed E-state index contributed by atoms with van der Waals surface area (Å²) in [6.45, 7) is 3.77. The molecule has 0 radical (unpaired) electrons. The molecular weight excluding hydrogens is 187 g/mol. The van der Waals surface area contributed by atoms with Crippen LogP contribution in [-0.4, -0.2) is 0 Å². The van der Waals surface area contributed by atoms with E-state index in [1.165, 1.54) is 58.3 Å². The molecule has 0 aromatic rings. The van der Waals surface area contributed by atoms with Gasteiger partial charge in [0.15, 0.2) is 0 Å². The van der Waals surface area contributed by atoms with Crippen molar-refractivity contribution in [2.75, 3.05) is 0 Å². The Morgan fingerprint density at radius 1 is 0.867 bits per heavy atom. The second-order valence-corrected chi connectivity index (χ2v) is 4.41. The minimum atomic E-state index is -0.0328. The Kier molecular flexibility index (Phi) is 11.5. The fourth-order valence-electron chi connectivity index (χ4n) is 1.76. The van der Waals surface area contributed by atoms with E-state index in [9.17, 15) is 4.39 Å². The lowest BCUT2D eigenvalue weighted by molar-refractivity contribution is 0.563. The maximum absolute atomic E-state index is 12.3. The van der Waals surface area contributed by atoms with Crippen molar-refractivity contribution in [3.8, 4) is 0 Å². The first-order valence-electron chi connectivity index (χ1n) is 6.59. The number of rotatable bonds is 10. The number of halogens is 1. The lowest BCUT2D eigenvalue weighted by Gasteiger charge is -2.00. The summed E-state index contributed by atoms with van der Waals surface area (Å²) < 4.78 is 12.3. The third-order valence-electron chi connectivity index (χ3n) is 2.73. The van der Waals surface area contributed by atoms with Crippen LogP contribution in [0.2, 0.25) is 0 Å². The van der Waals surface area contributed by atoms with E-state index in [4.69, 9.17) is 0 Å². The average molecular weight is 214 g/mol. The van der Waals surface area contributed by atoms with E-state index in [1.54, 1.807) is 6.08 Å². The van der Waals surface area contributed by atoms with Crippen LogP contribution in [0, 0.1) is 0 Å². The van der Waals surface area contributed by atoms with Crippen molar-refractivity contribution >= 4 is 0 Å². The Hall–Kier alpha value is -0.330. The molecule has 0 saturated carbocycles. The van der Waals surface area contributed by atoms with E-state index in [2.05, 4.69) is 6.92 Å². The first kappa shape index (κ1) is 14.7. The molecule has 0 aliphatic carbocycles. The quantitative estimate of drug-likeness (QED) is 0.404. The maximum atomic E-state index is 12.3. The SMILES string of the molecule is CCCCCCCCCCC/C=C(/C)F. The number of hydrogen-bond acceptors (Lipinski definition) is 0. The molecule has 0 aliphatic heterocycles. The van der Waals surface area contributed by atoms with Gasteiger partial charge in [-0.25, -0.2) is 4.39 Å². The molecule has 0 spiro atoms. The molecule has 0 aromatic heterocycles. The highest BCUT2D eigenvalue weighted by molar-refractivity contribution is 4.85. The highest BCUT2D eigenvalue weighted by atomic mass is 19.1. The van der Waals surface area contributed by atoms with Gasteiger partial charge in [-0.2, -0.15) is 0 Å². The van der Waals surface area contributed by atoms with Gasteiger partial charge in [-0.05, 0) is 19.8 Å². The van der Waals surface area contributed by atoms with E-state index >= 15 is 0 Å². The van der Waals surface area contributed by atoms with Crippen LogP contribution >= 0.6 is 0 Å². The number of hydrogen-bond donors (Lipinski definition) is 0. The van der Waals surface area contributed by atoms with Crippen LogP contribution in [-0.2, 0) is 0 Å². The van der Waals surface area contributed by atoms with Crippen LogP contribution in [0.1, 0.15) is 78.1 Å². The molecular formula is C14H27F. The van der Waals surface area contributed by atoms with E-state index in [0.29, 0.717) is 0 Å². The van der Waals surface area contributed by atoms with Gasteiger partial charge in [-0.15, -0.1) is 0 Å². The summed E-state index contributed by atoms with van der Waals surface area (Å²) in [6.07, 6.45) is 14.6. The van der Waals surface area contributed by atoms with E-state index in [1.807, 2.05) is 0 Å². The fraction of sp³-hybridized carbons (Fsp3) is 0.857. The Balaban J connectivity index is 2.96. The topological polar surface area (TPSA) is 0 Å². The average Bonchev–Trinajstić information content (AvgIpc) is 2.20. The van der Waals surface area contributed by atoms with Gasteiger partial charge in [0.25, 0.3) is 0 Å². The summed E-state index contributed by atoms with van der Waals surface area (Å²) in [5, 5.41) is 0. The molecule has 0 N–H and O–H groups in total. The van der Waals surface area contributed by atoms with Crippen LogP contribution in [0.3, 0.4) is 0 Å². The summed E-state index contributed by atoms with van der Waals surface area (Å²) in [5.41, 5.74) is 0. The van der Waals surface area contributed by atoms with E-state index < -0.39 is 0 Å². The first-order chi connectivity index (χ1) is 7.27. The molecule has 0 aliphatic rings. The van der Waals surface area contributed by atoms with Crippen molar-refractivity contribution in [3.05, 3.63) is 11.9 Å².